The molecule has 4 nitrogen and oxygen atoms in total. The van der Waals surface area contributed by atoms with E-state index in [4.69, 9.17) is 9.47 Å². The van der Waals surface area contributed by atoms with Gasteiger partial charge < -0.3 is 9.47 Å². The van der Waals surface area contributed by atoms with Crippen LogP contribution in [0.1, 0.15) is 11.1 Å². The lowest BCUT2D eigenvalue weighted by atomic mass is 10.2. The van der Waals surface area contributed by atoms with Crippen molar-refractivity contribution < 1.29 is 22.3 Å². The predicted molar refractivity (Wildman–Crippen MR) is 87.6 cm³/mol. The fourth-order valence-electron chi connectivity index (χ4n) is 2.01. The summed E-state index contributed by atoms with van der Waals surface area (Å²) in [5.41, 5.74) is 1.20. The van der Waals surface area contributed by atoms with Crippen LogP contribution < -0.4 is 9.47 Å². The van der Waals surface area contributed by atoms with Gasteiger partial charge in [-0.25, -0.2) is 12.8 Å². The molecule has 0 atom stereocenters. The zero-order valence-corrected chi connectivity index (χ0v) is 13.6. The molecule has 0 N–H and O–H groups in total. The summed E-state index contributed by atoms with van der Waals surface area (Å²) in [5.74, 6) is 0.485. The molecule has 23 heavy (non-hydrogen) atoms. The van der Waals surface area contributed by atoms with Crippen LogP contribution in [-0.2, 0) is 15.6 Å². The topological polar surface area (TPSA) is 52.6 Å². The number of halogens is 1. The molecule has 0 radical (unpaired) electrons. The van der Waals surface area contributed by atoms with Gasteiger partial charge in [-0.05, 0) is 41.5 Å². The molecule has 0 aliphatic rings. The lowest BCUT2D eigenvalue weighted by molar-refractivity contribution is 0.354. The van der Waals surface area contributed by atoms with Gasteiger partial charge in [-0.15, -0.1) is 0 Å². The summed E-state index contributed by atoms with van der Waals surface area (Å²) in [6.07, 6.45) is 1.44. The van der Waals surface area contributed by atoms with Crippen LogP contribution in [0.5, 0.6) is 11.5 Å². The van der Waals surface area contributed by atoms with Crippen LogP contribution in [0.2, 0.25) is 0 Å². The van der Waals surface area contributed by atoms with E-state index in [1.165, 1.54) is 44.6 Å². The van der Waals surface area contributed by atoms with E-state index in [9.17, 15) is 12.8 Å². The van der Waals surface area contributed by atoms with Crippen LogP contribution in [-0.4, -0.2) is 22.6 Å². The zero-order chi connectivity index (χ0) is 16.9. The van der Waals surface area contributed by atoms with Crippen molar-refractivity contribution in [1.82, 2.24) is 0 Å². The number of hydrogen-bond acceptors (Lipinski definition) is 4. The Bertz CT molecular complexity index is 796. The lowest BCUT2D eigenvalue weighted by Crippen LogP contribution is -2.01. The molecule has 0 aliphatic heterocycles. The summed E-state index contributed by atoms with van der Waals surface area (Å²) in [7, 11) is -0.454. The van der Waals surface area contributed by atoms with E-state index in [1.807, 2.05) is 0 Å². The molecule has 0 saturated carbocycles. The molecule has 2 aromatic rings. The second kappa shape index (κ2) is 7.28. The Morgan fingerprint density at radius 3 is 2.26 bits per heavy atom. The summed E-state index contributed by atoms with van der Waals surface area (Å²) in [6, 6.07) is 10.5. The van der Waals surface area contributed by atoms with Crippen LogP contribution in [0.3, 0.4) is 0 Å². The third kappa shape index (κ3) is 4.82. The highest BCUT2D eigenvalue weighted by Crippen LogP contribution is 2.28. The molecule has 6 heteroatoms. The molecule has 2 rings (SSSR count). The predicted octanol–water partition coefficient (Wildman–Crippen LogP) is 3.43. The monoisotopic (exact) mass is 336 g/mol. The van der Waals surface area contributed by atoms with Crippen LogP contribution >= 0.6 is 0 Å². The summed E-state index contributed by atoms with van der Waals surface area (Å²) >= 11 is 0. The van der Waals surface area contributed by atoms with Crippen molar-refractivity contribution in [2.75, 3.05) is 14.2 Å². The molecule has 0 unspecified atom stereocenters. The molecule has 2 aromatic carbocycles. The first-order chi connectivity index (χ1) is 10.9. The number of hydrogen-bond donors (Lipinski definition) is 0. The second-order valence-corrected chi connectivity index (χ2v) is 6.74. The van der Waals surface area contributed by atoms with Gasteiger partial charge in [-0.3, -0.25) is 0 Å². The van der Waals surface area contributed by atoms with Crippen molar-refractivity contribution in [3.05, 3.63) is 64.8 Å². The van der Waals surface area contributed by atoms with Crippen molar-refractivity contribution >= 4 is 15.9 Å². The molecule has 0 fully saturated rings. The third-order valence-corrected chi connectivity index (χ3v) is 4.44. The molecule has 0 spiro atoms. The van der Waals surface area contributed by atoms with E-state index >= 15 is 0 Å². The first-order valence-corrected chi connectivity index (χ1v) is 8.52. The maximum Gasteiger partial charge on any atom is 0.175 e. The Morgan fingerprint density at radius 1 is 1.00 bits per heavy atom. The first kappa shape index (κ1) is 17.0. The van der Waals surface area contributed by atoms with Crippen molar-refractivity contribution in [1.29, 1.82) is 0 Å². The van der Waals surface area contributed by atoms with Gasteiger partial charge in [-0.1, -0.05) is 18.2 Å². The summed E-state index contributed by atoms with van der Waals surface area (Å²) in [6.45, 7) is 0. The summed E-state index contributed by atoms with van der Waals surface area (Å²) in [5, 5.41) is 1.12. The van der Waals surface area contributed by atoms with Crippen LogP contribution in [0.25, 0.3) is 6.08 Å². The highest BCUT2D eigenvalue weighted by molar-refractivity contribution is 7.93. The van der Waals surface area contributed by atoms with E-state index in [2.05, 4.69) is 0 Å². The molecular formula is C17H17FO4S. The fourth-order valence-corrected chi connectivity index (χ4v) is 3.11. The van der Waals surface area contributed by atoms with E-state index in [-0.39, 0.29) is 11.6 Å². The number of rotatable bonds is 6. The van der Waals surface area contributed by atoms with Gasteiger partial charge in [0.1, 0.15) is 5.82 Å². The Hall–Kier alpha value is -2.34. The Labute approximate surface area is 135 Å². The zero-order valence-electron chi connectivity index (χ0n) is 12.8. The minimum Gasteiger partial charge on any atom is -0.493 e. The minimum absolute atomic E-state index is 0.162. The average Bonchev–Trinajstić information content (AvgIpc) is 2.54. The van der Waals surface area contributed by atoms with Crippen molar-refractivity contribution in [3.8, 4) is 11.5 Å². The second-order valence-electron chi connectivity index (χ2n) is 4.85. The van der Waals surface area contributed by atoms with E-state index < -0.39 is 9.84 Å². The highest BCUT2D eigenvalue weighted by Gasteiger charge is 2.11. The van der Waals surface area contributed by atoms with Gasteiger partial charge in [0.05, 0.1) is 20.0 Å². The van der Waals surface area contributed by atoms with Crippen LogP contribution in [0.15, 0.2) is 47.9 Å². The van der Waals surface area contributed by atoms with Crippen molar-refractivity contribution in [2.45, 2.75) is 5.75 Å². The van der Waals surface area contributed by atoms with Gasteiger partial charge in [0.2, 0.25) is 0 Å². The van der Waals surface area contributed by atoms with Gasteiger partial charge in [0.15, 0.2) is 21.3 Å². The molecule has 0 heterocycles. The smallest absolute Gasteiger partial charge is 0.175 e. The Morgan fingerprint density at radius 2 is 1.65 bits per heavy atom. The number of sulfone groups is 1. The van der Waals surface area contributed by atoms with Gasteiger partial charge in [0.25, 0.3) is 0 Å². The Balaban J connectivity index is 2.16. The fraction of sp³-hybridized carbons (Fsp3) is 0.176. The SMILES string of the molecule is COc1ccc(CS(=O)(=O)C=Cc2ccc(F)cc2)cc1OC. The highest BCUT2D eigenvalue weighted by atomic mass is 32.2. The quantitative estimate of drug-likeness (QED) is 0.811. The maximum absolute atomic E-state index is 12.8. The molecule has 122 valence electrons. The molecular weight excluding hydrogens is 319 g/mol. The van der Waals surface area contributed by atoms with E-state index in [1.54, 1.807) is 18.2 Å². The normalized spacial score (nSPS) is 11.6. The third-order valence-electron chi connectivity index (χ3n) is 3.15. The number of ether oxygens (including phenoxy) is 2. The standard InChI is InChI=1S/C17H17FO4S/c1-21-16-8-5-14(11-17(16)22-2)12-23(19,20)10-9-13-3-6-15(18)7-4-13/h3-11H,12H2,1-2H3. The molecule has 0 amide bonds. The van der Waals surface area contributed by atoms with Gasteiger partial charge in [-0.2, -0.15) is 0 Å². The van der Waals surface area contributed by atoms with Gasteiger partial charge in [0, 0.05) is 5.41 Å². The molecule has 0 saturated heterocycles. The average molecular weight is 336 g/mol. The summed E-state index contributed by atoms with van der Waals surface area (Å²) in [4.78, 5) is 0. The molecule has 0 aliphatic carbocycles. The number of benzene rings is 2. The van der Waals surface area contributed by atoms with Gasteiger partial charge >= 0.3 is 0 Å². The van der Waals surface area contributed by atoms with Crippen molar-refractivity contribution in [3.63, 3.8) is 0 Å². The summed E-state index contributed by atoms with van der Waals surface area (Å²) < 4.78 is 47.4. The van der Waals surface area contributed by atoms with E-state index in [0.29, 0.717) is 22.6 Å². The Kier molecular flexibility index (Phi) is 5.39. The first-order valence-electron chi connectivity index (χ1n) is 6.81. The molecule has 0 bridgehead atoms. The van der Waals surface area contributed by atoms with E-state index in [0.717, 1.165) is 5.41 Å². The molecule has 0 aromatic heterocycles. The van der Waals surface area contributed by atoms with Crippen LogP contribution in [0.4, 0.5) is 4.39 Å². The maximum atomic E-state index is 12.8. The van der Waals surface area contributed by atoms with Crippen molar-refractivity contribution in [2.24, 2.45) is 0 Å². The minimum atomic E-state index is -3.46. The van der Waals surface area contributed by atoms with Crippen LogP contribution in [0, 0.1) is 5.82 Å². The largest absolute Gasteiger partial charge is 0.493 e. The number of methoxy groups -OCH3 is 2. The lowest BCUT2D eigenvalue weighted by Gasteiger charge is -2.09.